The van der Waals surface area contributed by atoms with E-state index in [9.17, 15) is 0 Å². The van der Waals surface area contributed by atoms with E-state index in [2.05, 4.69) is 116 Å². The van der Waals surface area contributed by atoms with Crippen molar-refractivity contribution >= 4 is 5.82 Å². The standard InChI is InChI=1S/C42H37N5/c1-27-24-34(26-37(43-6)44-27)40-46-38(31-16-12-29(13-17-31)28-10-8-7-9-11-28)45-39(47-40)32-18-14-30(15-19-32)33-20-21-35-36(25-33)42(4,5)23-22-41(35,2)3/h7-21,24-26H,22-23H2,1-5H3. The predicted octanol–water partition coefficient (Wildman–Crippen LogP) is 10.8. The van der Waals surface area contributed by atoms with Crippen molar-refractivity contribution in [3.8, 4) is 56.4 Å². The Morgan fingerprint density at radius 2 is 0.957 bits per heavy atom. The second-order valence-electron chi connectivity index (χ2n) is 13.8. The molecule has 2 aromatic heterocycles. The second kappa shape index (κ2) is 11.7. The average Bonchev–Trinajstić information content (AvgIpc) is 3.10. The molecule has 0 aliphatic heterocycles. The lowest BCUT2D eigenvalue weighted by atomic mass is 9.63. The van der Waals surface area contributed by atoms with Crippen LogP contribution in [0, 0.1) is 13.5 Å². The number of aryl methyl sites for hydroxylation is 1. The molecule has 0 bridgehead atoms. The first-order valence-corrected chi connectivity index (χ1v) is 16.1. The third kappa shape index (κ3) is 5.95. The van der Waals surface area contributed by atoms with Crippen molar-refractivity contribution in [2.75, 3.05) is 0 Å². The second-order valence-corrected chi connectivity index (χ2v) is 13.8. The molecule has 0 radical (unpaired) electrons. The van der Waals surface area contributed by atoms with Crippen LogP contribution in [0.15, 0.2) is 109 Å². The summed E-state index contributed by atoms with van der Waals surface area (Å²) < 4.78 is 0. The van der Waals surface area contributed by atoms with Gasteiger partial charge in [0.15, 0.2) is 17.5 Å². The number of aromatic nitrogens is 4. The number of fused-ring (bicyclic) bond motifs is 1. The molecule has 6 aromatic rings. The minimum Gasteiger partial charge on any atom is -0.361 e. The highest BCUT2D eigenvalue weighted by Gasteiger charge is 2.37. The maximum atomic E-state index is 7.54. The summed E-state index contributed by atoms with van der Waals surface area (Å²) in [7, 11) is 0. The first-order valence-electron chi connectivity index (χ1n) is 16.1. The Morgan fingerprint density at radius 3 is 1.53 bits per heavy atom. The number of rotatable bonds is 5. The molecule has 5 nitrogen and oxygen atoms in total. The number of benzene rings is 4. The minimum atomic E-state index is 0.149. The van der Waals surface area contributed by atoms with Crippen LogP contribution in [0.5, 0.6) is 0 Å². The summed E-state index contributed by atoms with van der Waals surface area (Å²) >= 11 is 0. The highest BCUT2D eigenvalue weighted by atomic mass is 15.0. The zero-order chi connectivity index (χ0) is 32.8. The van der Waals surface area contributed by atoms with Crippen molar-refractivity contribution in [2.45, 2.75) is 58.3 Å². The number of nitrogens with zero attached hydrogens (tertiary/aromatic N) is 5. The summed E-state index contributed by atoms with van der Waals surface area (Å²) in [5.41, 5.74) is 11.2. The summed E-state index contributed by atoms with van der Waals surface area (Å²) in [4.78, 5) is 22.7. The van der Waals surface area contributed by atoms with Gasteiger partial charge in [-0.1, -0.05) is 131 Å². The van der Waals surface area contributed by atoms with E-state index in [1.165, 1.54) is 29.5 Å². The third-order valence-corrected chi connectivity index (χ3v) is 9.53. The van der Waals surface area contributed by atoms with E-state index in [0.29, 0.717) is 23.3 Å². The lowest BCUT2D eigenvalue weighted by Gasteiger charge is -2.42. The molecule has 4 aromatic carbocycles. The molecule has 0 saturated carbocycles. The Morgan fingerprint density at radius 1 is 0.489 bits per heavy atom. The number of hydrogen-bond acceptors (Lipinski definition) is 4. The van der Waals surface area contributed by atoms with Gasteiger partial charge in [-0.05, 0) is 69.2 Å². The lowest BCUT2D eigenvalue weighted by molar-refractivity contribution is 0.332. The fourth-order valence-corrected chi connectivity index (χ4v) is 6.62. The summed E-state index contributed by atoms with van der Waals surface area (Å²) in [5.74, 6) is 1.98. The van der Waals surface area contributed by atoms with E-state index >= 15 is 0 Å². The molecule has 0 unspecified atom stereocenters. The van der Waals surface area contributed by atoms with Gasteiger partial charge in [0.2, 0.25) is 0 Å². The van der Waals surface area contributed by atoms with Crippen molar-refractivity contribution < 1.29 is 0 Å². The highest BCUT2D eigenvalue weighted by Crippen LogP contribution is 2.47. The van der Waals surface area contributed by atoms with Crippen LogP contribution in [0.2, 0.25) is 0 Å². The van der Waals surface area contributed by atoms with Gasteiger partial charge >= 0.3 is 0 Å². The smallest absolute Gasteiger partial charge is 0.270 e. The van der Waals surface area contributed by atoms with Gasteiger partial charge in [-0.15, -0.1) is 4.98 Å². The van der Waals surface area contributed by atoms with Gasteiger partial charge in [0.25, 0.3) is 5.82 Å². The average molecular weight is 612 g/mol. The van der Waals surface area contributed by atoms with Crippen molar-refractivity contribution in [1.82, 2.24) is 19.9 Å². The molecule has 0 N–H and O–H groups in total. The van der Waals surface area contributed by atoms with Crippen molar-refractivity contribution in [3.63, 3.8) is 0 Å². The molecular weight excluding hydrogens is 574 g/mol. The molecule has 0 fully saturated rings. The van der Waals surface area contributed by atoms with E-state index in [1.807, 2.05) is 31.2 Å². The van der Waals surface area contributed by atoms with Crippen LogP contribution in [-0.2, 0) is 10.8 Å². The van der Waals surface area contributed by atoms with Gasteiger partial charge < -0.3 is 4.85 Å². The first-order chi connectivity index (χ1) is 22.6. The van der Waals surface area contributed by atoms with E-state index in [0.717, 1.165) is 39.1 Å². The SMILES string of the molecule is [C-]#[N+]c1cc(-c2nc(-c3ccc(-c4ccccc4)cc3)nc(-c3ccc(-c4ccc5c(c4)C(C)(C)CCC5(C)C)cc3)n2)cc(C)n1. The van der Waals surface area contributed by atoms with Crippen LogP contribution < -0.4 is 0 Å². The lowest BCUT2D eigenvalue weighted by Crippen LogP contribution is -2.33. The molecule has 0 saturated heterocycles. The molecule has 5 heteroatoms. The van der Waals surface area contributed by atoms with Gasteiger partial charge in [0.1, 0.15) is 5.69 Å². The normalized spacial score (nSPS) is 14.6. The largest absolute Gasteiger partial charge is 0.361 e. The first kappa shape index (κ1) is 30.2. The van der Waals surface area contributed by atoms with Crippen LogP contribution >= 0.6 is 0 Å². The predicted molar refractivity (Wildman–Crippen MR) is 191 cm³/mol. The van der Waals surface area contributed by atoms with Crippen LogP contribution in [0.1, 0.15) is 57.4 Å². The number of hydrogen-bond donors (Lipinski definition) is 0. The Balaban J connectivity index is 1.29. The van der Waals surface area contributed by atoms with Crippen molar-refractivity contribution in [2.24, 2.45) is 0 Å². The molecule has 230 valence electrons. The Bertz CT molecular complexity index is 2140. The summed E-state index contributed by atoms with van der Waals surface area (Å²) in [6.07, 6.45) is 2.38. The molecular formula is C42H37N5. The van der Waals surface area contributed by atoms with Gasteiger partial charge in [-0.3, -0.25) is 0 Å². The minimum absolute atomic E-state index is 0.149. The van der Waals surface area contributed by atoms with Gasteiger partial charge in [0, 0.05) is 23.6 Å². The summed E-state index contributed by atoms with van der Waals surface area (Å²) in [6, 6.07) is 37.7. The van der Waals surface area contributed by atoms with Crippen LogP contribution in [0.3, 0.4) is 0 Å². The fraction of sp³-hybridized carbons (Fsp3) is 0.214. The van der Waals surface area contributed by atoms with E-state index in [4.69, 9.17) is 21.5 Å². The quantitative estimate of drug-likeness (QED) is 0.182. The Kier molecular flexibility index (Phi) is 7.53. The maximum absolute atomic E-state index is 7.54. The zero-order valence-corrected chi connectivity index (χ0v) is 27.5. The topological polar surface area (TPSA) is 55.9 Å². The Labute approximate surface area is 277 Å². The monoisotopic (exact) mass is 611 g/mol. The molecule has 0 spiro atoms. The van der Waals surface area contributed by atoms with Gasteiger partial charge in [-0.2, -0.15) is 0 Å². The van der Waals surface area contributed by atoms with E-state index in [1.54, 1.807) is 6.07 Å². The van der Waals surface area contributed by atoms with Crippen molar-refractivity contribution in [3.05, 3.63) is 137 Å². The zero-order valence-electron chi connectivity index (χ0n) is 27.5. The van der Waals surface area contributed by atoms with Crippen LogP contribution in [0.4, 0.5) is 5.82 Å². The van der Waals surface area contributed by atoms with Crippen LogP contribution in [0.25, 0.3) is 61.3 Å². The third-order valence-electron chi connectivity index (χ3n) is 9.53. The molecule has 0 amide bonds. The summed E-state index contributed by atoms with van der Waals surface area (Å²) in [6.45, 7) is 18.9. The van der Waals surface area contributed by atoms with Crippen molar-refractivity contribution in [1.29, 1.82) is 0 Å². The number of pyridine rings is 1. The molecule has 1 aliphatic rings. The summed E-state index contributed by atoms with van der Waals surface area (Å²) in [5, 5.41) is 0. The van der Waals surface area contributed by atoms with E-state index in [-0.39, 0.29) is 10.8 Å². The molecule has 47 heavy (non-hydrogen) atoms. The molecule has 1 aliphatic carbocycles. The Hall–Kier alpha value is -5.47. The van der Waals surface area contributed by atoms with Gasteiger partial charge in [0.05, 0.1) is 0 Å². The highest BCUT2D eigenvalue weighted by molar-refractivity contribution is 5.73. The molecule has 2 heterocycles. The van der Waals surface area contributed by atoms with Crippen LogP contribution in [-0.4, -0.2) is 19.9 Å². The molecule has 0 atom stereocenters. The maximum Gasteiger partial charge on any atom is 0.270 e. The van der Waals surface area contributed by atoms with Gasteiger partial charge in [-0.25, -0.2) is 15.0 Å². The van der Waals surface area contributed by atoms with E-state index < -0.39 is 0 Å². The molecule has 7 rings (SSSR count). The fourth-order valence-electron chi connectivity index (χ4n) is 6.62.